The van der Waals surface area contributed by atoms with Gasteiger partial charge in [0.25, 0.3) is 0 Å². The third-order valence-electron chi connectivity index (χ3n) is 1.65. The lowest BCUT2D eigenvalue weighted by molar-refractivity contribution is -0.145. The van der Waals surface area contributed by atoms with E-state index in [0.717, 1.165) is 0 Å². The van der Waals surface area contributed by atoms with Crippen molar-refractivity contribution in [3.05, 3.63) is 0 Å². The monoisotopic (exact) mass is 219 g/mol. The van der Waals surface area contributed by atoms with Crippen LogP contribution < -0.4 is 5.32 Å². The van der Waals surface area contributed by atoms with Crippen molar-refractivity contribution in [3.8, 4) is 0 Å². The molecule has 1 amide bonds. The summed E-state index contributed by atoms with van der Waals surface area (Å²) in [5, 5.41) is 2.57. The van der Waals surface area contributed by atoms with Gasteiger partial charge in [0.1, 0.15) is 6.04 Å². The molecule has 0 bridgehead atoms. The molecule has 1 atom stereocenters. The lowest BCUT2D eigenvalue weighted by atomic mass is 9.95. The third-order valence-corrected chi connectivity index (χ3v) is 2.02. The SMILES string of the molecule is COC(=O)[C@H](CS)NC(=O)C(C)(C)C. The Bertz CT molecular complexity index is 223. The lowest BCUT2D eigenvalue weighted by Gasteiger charge is -2.21. The predicted octanol–water partition coefficient (Wildman–Crippen LogP) is 0.620. The molecular formula is C9H17NO3S. The van der Waals surface area contributed by atoms with Gasteiger partial charge in [-0.2, -0.15) is 12.6 Å². The highest BCUT2D eigenvalue weighted by Crippen LogP contribution is 2.13. The van der Waals surface area contributed by atoms with E-state index in [1.165, 1.54) is 7.11 Å². The fourth-order valence-electron chi connectivity index (χ4n) is 0.696. The maximum Gasteiger partial charge on any atom is 0.329 e. The topological polar surface area (TPSA) is 55.4 Å². The molecule has 0 saturated heterocycles. The first-order valence-electron chi connectivity index (χ1n) is 4.32. The number of methoxy groups -OCH3 is 1. The van der Waals surface area contributed by atoms with Gasteiger partial charge in [-0.05, 0) is 0 Å². The molecule has 82 valence electrons. The minimum Gasteiger partial charge on any atom is -0.467 e. The molecule has 14 heavy (non-hydrogen) atoms. The molecule has 0 rings (SSSR count). The van der Waals surface area contributed by atoms with Crippen molar-refractivity contribution in [2.24, 2.45) is 5.41 Å². The number of carbonyl (C=O) groups excluding carboxylic acids is 2. The number of hydrogen-bond donors (Lipinski definition) is 2. The zero-order valence-electron chi connectivity index (χ0n) is 8.96. The molecule has 0 saturated carbocycles. The minimum absolute atomic E-state index is 0.193. The smallest absolute Gasteiger partial charge is 0.329 e. The number of nitrogens with one attached hydrogen (secondary N) is 1. The molecule has 0 unspecified atom stereocenters. The Morgan fingerprint density at radius 2 is 1.93 bits per heavy atom. The largest absolute Gasteiger partial charge is 0.467 e. The van der Waals surface area contributed by atoms with E-state index in [-0.39, 0.29) is 11.7 Å². The van der Waals surface area contributed by atoms with Gasteiger partial charge in [-0.25, -0.2) is 4.79 Å². The standard InChI is InChI=1S/C9H17NO3S/c1-9(2,3)8(12)10-6(5-14)7(11)13-4/h6,14H,5H2,1-4H3,(H,10,12)/t6-/m0/s1. The van der Waals surface area contributed by atoms with Crippen LogP contribution in [0.5, 0.6) is 0 Å². The molecular weight excluding hydrogens is 202 g/mol. The second kappa shape index (κ2) is 5.24. The number of rotatable bonds is 3. The van der Waals surface area contributed by atoms with Crippen LogP contribution in [0.25, 0.3) is 0 Å². The van der Waals surface area contributed by atoms with Crippen molar-refractivity contribution < 1.29 is 14.3 Å². The highest BCUT2D eigenvalue weighted by atomic mass is 32.1. The Kier molecular flexibility index (Phi) is 4.97. The summed E-state index contributed by atoms with van der Waals surface area (Å²) in [6.07, 6.45) is 0. The molecule has 0 aliphatic carbocycles. The maximum atomic E-state index is 11.5. The summed E-state index contributed by atoms with van der Waals surface area (Å²) in [6.45, 7) is 5.32. The summed E-state index contributed by atoms with van der Waals surface area (Å²) in [5.41, 5.74) is -0.519. The lowest BCUT2D eigenvalue weighted by Crippen LogP contribution is -2.47. The molecule has 5 heteroatoms. The molecule has 0 fully saturated rings. The summed E-state index contributed by atoms with van der Waals surface area (Å²) in [4.78, 5) is 22.6. The predicted molar refractivity (Wildman–Crippen MR) is 57.3 cm³/mol. The van der Waals surface area contributed by atoms with Gasteiger partial charge in [-0.15, -0.1) is 0 Å². The van der Waals surface area contributed by atoms with E-state index < -0.39 is 17.4 Å². The quantitative estimate of drug-likeness (QED) is 0.540. The minimum atomic E-state index is -0.671. The van der Waals surface area contributed by atoms with E-state index >= 15 is 0 Å². The number of hydrogen-bond acceptors (Lipinski definition) is 4. The summed E-state index contributed by atoms with van der Waals surface area (Å²) in [5.74, 6) is -0.436. The Balaban J connectivity index is 4.34. The van der Waals surface area contributed by atoms with Crippen molar-refractivity contribution in [1.82, 2.24) is 5.32 Å². The van der Waals surface area contributed by atoms with Crippen LogP contribution in [-0.2, 0) is 14.3 Å². The van der Waals surface area contributed by atoms with Gasteiger partial charge in [0.15, 0.2) is 0 Å². The number of carbonyl (C=O) groups is 2. The fraction of sp³-hybridized carbons (Fsp3) is 0.778. The summed E-state index contributed by atoms with van der Waals surface area (Å²) >= 11 is 3.96. The molecule has 0 aliphatic heterocycles. The van der Waals surface area contributed by atoms with Crippen LogP contribution in [0, 0.1) is 5.41 Å². The summed E-state index contributed by atoms with van der Waals surface area (Å²) in [6, 6.07) is -0.671. The number of thiol groups is 1. The van der Waals surface area contributed by atoms with Crippen LogP contribution in [0.2, 0.25) is 0 Å². The molecule has 0 aliphatic rings. The Morgan fingerprint density at radius 1 is 1.43 bits per heavy atom. The van der Waals surface area contributed by atoms with Gasteiger partial charge < -0.3 is 10.1 Å². The molecule has 0 aromatic heterocycles. The zero-order valence-corrected chi connectivity index (χ0v) is 9.85. The van der Waals surface area contributed by atoms with Crippen LogP contribution in [0.1, 0.15) is 20.8 Å². The molecule has 4 nitrogen and oxygen atoms in total. The van der Waals surface area contributed by atoms with Gasteiger partial charge in [0.05, 0.1) is 7.11 Å². The van der Waals surface area contributed by atoms with Crippen LogP contribution in [0.3, 0.4) is 0 Å². The fourth-order valence-corrected chi connectivity index (χ4v) is 0.936. The van der Waals surface area contributed by atoms with Crippen LogP contribution in [0.4, 0.5) is 0 Å². The van der Waals surface area contributed by atoms with Gasteiger partial charge in [0, 0.05) is 11.2 Å². The van der Waals surface area contributed by atoms with Gasteiger partial charge in [0.2, 0.25) is 5.91 Å². The van der Waals surface area contributed by atoms with E-state index in [2.05, 4.69) is 22.7 Å². The van der Waals surface area contributed by atoms with Crippen LogP contribution in [-0.4, -0.2) is 30.8 Å². The van der Waals surface area contributed by atoms with E-state index in [9.17, 15) is 9.59 Å². The highest BCUT2D eigenvalue weighted by Gasteiger charge is 2.26. The Hall–Kier alpha value is -0.710. The molecule has 0 heterocycles. The molecule has 0 aromatic rings. The van der Waals surface area contributed by atoms with Crippen molar-refractivity contribution in [2.45, 2.75) is 26.8 Å². The Labute approximate surface area is 89.8 Å². The third kappa shape index (κ3) is 4.00. The van der Waals surface area contributed by atoms with Crippen molar-refractivity contribution in [1.29, 1.82) is 0 Å². The summed E-state index contributed by atoms with van der Waals surface area (Å²) < 4.78 is 4.51. The summed E-state index contributed by atoms with van der Waals surface area (Å²) in [7, 11) is 1.28. The van der Waals surface area contributed by atoms with E-state index in [0.29, 0.717) is 0 Å². The van der Waals surface area contributed by atoms with Crippen LogP contribution >= 0.6 is 12.6 Å². The second-order valence-corrected chi connectivity index (χ2v) is 4.35. The van der Waals surface area contributed by atoms with E-state index in [4.69, 9.17) is 0 Å². The maximum absolute atomic E-state index is 11.5. The van der Waals surface area contributed by atoms with Crippen molar-refractivity contribution in [3.63, 3.8) is 0 Å². The van der Waals surface area contributed by atoms with Crippen molar-refractivity contribution >= 4 is 24.5 Å². The second-order valence-electron chi connectivity index (χ2n) is 3.98. The van der Waals surface area contributed by atoms with E-state index in [1.807, 2.05) is 0 Å². The average molecular weight is 219 g/mol. The molecule has 1 N–H and O–H groups in total. The molecule has 0 aromatic carbocycles. The van der Waals surface area contributed by atoms with E-state index in [1.54, 1.807) is 20.8 Å². The first-order valence-corrected chi connectivity index (χ1v) is 4.95. The Morgan fingerprint density at radius 3 is 2.21 bits per heavy atom. The van der Waals surface area contributed by atoms with Crippen molar-refractivity contribution in [2.75, 3.05) is 12.9 Å². The molecule has 0 radical (unpaired) electrons. The number of esters is 1. The number of amides is 1. The number of ether oxygens (including phenoxy) is 1. The average Bonchev–Trinajstić information content (AvgIpc) is 2.10. The normalized spacial score (nSPS) is 13.2. The van der Waals surface area contributed by atoms with Gasteiger partial charge in [-0.1, -0.05) is 20.8 Å². The first-order chi connectivity index (χ1) is 6.32. The first kappa shape index (κ1) is 13.3. The zero-order chi connectivity index (χ0) is 11.4. The highest BCUT2D eigenvalue weighted by molar-refractivity contribution is 7.80. The van der Waals surface area contributed by atoms with Crippen LogP contribution in [0.15, 0.2) is 0 Å². The van der Waals surface area contributed by atoms with Gasteiger partial charge in [-0.3, -0.25) is 4.79 Å². The van der Waals surface area contributed by atoms with Gasteiger partial charge >= 0.3 is 5.97 Å². The molecule has 0 spiro atoms.